The maximum absolute atomic E-state index is 14.6. The Morgan fingerprint density at radius 3 is 2.35 bits per heavy atom. The highest BCUT2D eigenvalue weighted by atomic mass is 79.9. The number of ether oxygens (including phenoxy) is 1. The summed E-state index contributed by atoms with van der Waals surface area (Å²) in [6.45, 7) is 2.22. The lowest BCUT2D eigenvalue weighted by atomic mass is 9.93. The fourth-order valence-corrected chi connectivity index (χ4v) is 7.48. The molecule has 1 amide bonds. The van der Waals surface area contributed by atoms with E-state index in [1.807, 2.05) is 78.9 Å². The van der Waals surface area contributed by atoms with Gasteiger partial charge in [0.1, 0.15) is 4.53 Å². The molecule has 0 spiro atoms. The number of hydrogen-bond donors (Lipinski definition) is 0. The van der Waals surface area contributed by atoms with Gasteiger partial charge in [-0.15, -0.1) is 0 Å². The molecule has 0 fully saturated rings. The van der Waals surface area contributed by atoms with E-state index in [2.05, 4.69) is 15.9 Å². The van der Waals surface area contributed by atoms with Crippen LogP contribution in [0.25, 0.3) is 11.3 Å². The molecule has 7 rings (SSSR count). The lowest BCUT2D eigenvalue weighted by Gasteiger charge is -2.26. The summed E-state index contributed by atoms with van der Waals surface area (Å²) in [5.41, 5.74) is 4.18. The number of thiazole rings is 1. The van der Waals surface area contributed by atoms with Crippen molar-refractivity contribution in [3.8, 4) is 0 Å². The highest BCUT2D eigenvalue weighted by Crippen LogP contribution is 2.39. The summed E-state index contributed by atoms with van der Waals surface area (Å²) in [7, 11) is 0. The lowest BCUT2D eigenvalue weighted by molar-refractivity contribution is -0.138. The summed E-state index contributed by atoms with van der Waals surface area (Å²) in [6.07, 6.45) is 0. The molecule has 0 radical (unpaired) electrons. The summed E-state index contributed by atoms with van der Waals surface area (Å²) >= 11 is 11.0. The molecule has 1 atom stereocenters. The number of fused-ring (bicyclic) bond motifs is 2. The van der Waals surface area contributed by atoms with Gasteiger partial charge in [0.25, 0.3) is 11.5 Å². The molecule has 228 valence electrons. The molecule has 0 N–H and O–H groups in total. The zero-order valence-corrected chi connectivity index (χ0v) is 27.6. The fraction of sp³-hybridized carbons (Fsp3) is 0.111. The summed E-state index contributed by atoms with van der Waals surface area (Å²) in [5.74, 6) is -0.860. The molecule has 5 aromatic rings. The Morgan fingerprint density at radius 1 is 0.957 bits per heavy atom. The van der Waals surface area contributed by atoms with Crippen molar-refractivity contribution in [2.24, 2.45) is 4.99 Å². The smallest absolute Gasteiger partial charge is 0.338 e. The minimum absolute atomic E-state index is 0.143. The zero-order valence-electron chi connectivity index (χ0n) is 24.4. The Labute approximate surface area is 281 Å². The zero-order chi connectivity index (χ0) is 31.9. The van der Waals surface area contributed by atoms with Crippen molar-refractivity contribution in [2.45, 2.75) is 19.5 Å². The molecule has 0 saturated heterocycles. The van der Waals surface area contributed by atoms with Gasteiger partial charge in [0.05, 0.1) is 41.7 Å². The van der Waals surface area contributed by atoms with Crippen LogP contribution >= 0.6 is 38.9 Å². The number of halogens is 2. The van der Waals surface area contributed by atoms with Gasteiger partial charge in [-0.05, 0) is 48.4 Å². The van der Waals surface area contributed by atoms with Crippen LogP contribution in [0.15, 0.2) is 123 Å². The van der Waals surface area contributed by atoms with E-state index >= 15 is 0 Å². The van der Waals surface area contributed by atoms with Gasteiger partial charge in [0, 0.05) is 20.6 Å². The first-order chi connectivity index (χ1) is 22.4. The molecule has 3 heterocycles. The van der Waals surface area contributed by atoms with E-state index in [0.29, 0.717) is 50.0 Å². The predicted octanol–water partition coefficient (Wildman–Crippen LogP) is 6.27. The topological polar surface area (TPSA) is 81.0 Å². The average Bonchev–Trinajstić information content (AvgIpc) is 3.53. The maximum atomic E-state index is 14.6. The summed E-state index contributed by atoms with van der Waals surface area (Å²) in [4.78, 5) is 49.6. The normalized spacial score (nSPS) is 16.6. The van der Waals surface area contributed by atoms with Crippen molar-refractivity contribution in [3.05, 3.63) is 160 Å². The summed E-state index contributed by atoms with van der Waals surface area (Å²) < 4.78 is 8.08. The minimum Gasteiger partial charge on any atom is -0.463 e. The molecular formula is C36H25BrClN3O4S. The molecule has 7 nitrogen and oxygen atoms in total. The molecule has 2 aliphatic rings. The number of hydrogen-bond acceptors (Lipinski definition) is 6. The summed E-state index contributed by atoms with van der Waals surface area (Å²) in [6, 6.07) is 30.8. The van der Waals surface area contributed by atoms with Crippen molar-refractivity contribution in [2.75, 3.05) is 11.5 Å². The second-order valence-corrected chi connectivity index (χ2v) is 13.0. The number of aromatic nitrogens is 1. The first-order valence-electron chi connectivity index (χ1n) is 14.6. The number of benzene rings is 4. The molecule has 10 heteroatoms. The van der Waals surface area contributed by atoms with Gasteiger partial charge >= 0.3 is 5.97 Å². The molecule has 46 heavy (non-hydrogen) atoms. The molecule has 0 unspecified atom stereocenters. The summed E-state index contributed by atoms with van der Waals surface area (Å²) in [5, 5.41) is 0.514. The van der Waals surface area contributed by atoms with Crippen molar-refractivity contribution >= 4 is 67.7 Å². The molecule has 4 aromatic carbocycles. The van der Waals surface area contributed by atoms with Crippen LogP contribution in [0, 0.1) is 0 Å². The number of amides is 1. The second kappa shape index (κ2) is 12.3. The fourth-order valence-electron chi connectivity index (χ4n) is 5.90. The van der Waals surface area contributed by atoms with Crippen LogP contribution in [0.1, 0.15) is 35.2 Å². The van der Waals surface area contributed by atoms with Crippen LogP contribution < -0.4 is 19.8 Å². The standard InChI is InChI=1S/C36H25BrClN3O4S/c1-2-45-35(44)29-30(22-11-7-4-8-12-22)39-36-41(31(29)23-13-16-25(38)17-14-23)34(43)32(46-36)28-26-19-24(37)15-18-27(26)40(33(28)42)20-21-9-5-3-6-10-21/h3-19,31H,2,20H2,1H3/b32-28-/t31-/m1/s1. The Bertz CT molecular complexity index is 2230. The van der Waals surface area contributed by atoms with E-state index < -0.39 is 17.6 Å². The average molecular weight is 711 g/mol. The molecule has 0 saturated carbocycles. The van der Waals surface area contributed by atoms with Crippen LogP contribution in [0.2, 0.25) is 5.02 Å². The number of esters is 1. The first-order valence-corrected chi connectivity index (χ1v) is 16.6. The third-order valence-corrected chi connectivity index (χ3v) is 9.72. The Morgan fingerprint density at radius 2 is 1.65 bits per heavy atom. The Hall–Kier alpha value is -4.57. The van der Waals surface area contributed by atoms with E-state index in [1.54, 1.807) is 36.1 Å². The molecule has 0 aliphatic carbocycles. The van der Waals surface area contributed by atoms with Gasteiger partial charge < -0.3 is 9.64 Å². The first kappa shape index (κ1) is 30.1. The number of carbonyl (C=O) groups excluding carboxylic acids is 2. The van der Waals surface area contributed by atoms with Gasteiger partial charge in [-0.1, -0.05) is 112 Å². The highest BCUT2D eigenvalue weighted by Gasteiger charge is 2.38. The van der Waals surface area contributed by atoms with E-state index in [-0.39, 0.29) is 22.6 Å². The monoisotopic (exact) mass is 709 g/mol. The molecule has 2 aliphatic heterocycles. The molecule has 1 aromatic heterocycles. The minimum atomic E-state index is -0.879. The third kappa shape index (κ3) is 5.24. The quantitative estimate of drug-likeness (QED) is 0.195. The third-order valence-electron chi connectivity index (χ3n) is 7.92. The number of anilines is 1. The Kier molecular flexibility index (Phi) is 8.06. The van der Waals surface area contributed by atoms with Crippen molar-refractivity contribution in [3.63, 3.8) is 0 Å². The lowest BCUT2D eigenvalue weighted by Crippen LogP contribution is -2.41. The van der Waals surface area contributed by atoms with Gasteiger partial charge in [-0.25, -0.2) is 9.79 Å². The second-order valence-electron chi connectivity index (χ2n) is 10.7. The van der Waals surface area contributed by atoms with Crippen LogP contribution in [-0.4, -0.2) is 23.1 Å². The predicted molar refractivity (Wildman–Crippen MR) is 183 cm³/mol. The van der Waals surface area contributed by atoms with Crippen LogP contribution in [-0.2, 0) is 20.9 Å². The Balaban J connectivity index is 1.52. The van der Waals surface area contributed by atoms with Crippen LogP contribution in [0.4, 0.5) is 5.69 Å². The van der Waals surface area contributed by atoms with Crippen LogP contribution in [0.3, 0.4) is 0 Å². The van der Waals surface area contributed by atoms with Crippen LogP contribution in [0.5, 0.6) is 0 Å². The molecular weight excluding hydrogens is 686 g/mol. The van der Waals surface area contributed by atoms with Gasteiger partial charge in [-0.3, -0.25) is 14.2 Å². The van der Waals surface area contributed by atoms with Crippen molar-refractivity contribution in [1.29, 1.82) is 0 Å². The number of carbonyl (C=O) groups is 2. The van der Waals surface area contributed by atoms with E-state index in [9.17, 15) is 14.4 Å². The maximum Gasteiger partial charge on any atom is 0.338 e. The largest absolute Gasteiger partial charge is 0.463 e. The van der Waals surface area contributed by atoms with E-state index in [1.165, 1.54) is 4.57 Å². The van der Waals surface area contributed by atoms with Crippen molar-refractivity contribution < 1.29 is 14.3 Å². The van der Waals surface area contributed by atoms with Crippen molar-refractivity contribution in [1.82, 2.24) is 4.57 Å². The van der Waals surface area contributed by atoms with Gasteiger partial charge in [0.15, 0.2) is 4.80 Å². The van der Waals surface area contributed by atoms with Gasteiger partial charge in [-0.2, -0.15) is 0 Å². The number of nitrogens with zero attached hydrogens (tertiary/aromatic N) is 3. The van der Waals surface area contributed by atoms with E-state index in [4.69, 9.17) is 21.3 Å². The SMILES string of the molecule is CCOC(=O)C1=C(c2ccccc2)N=c2s/c(=C3\C(=O)N(Cc4ccccc4)c4ccc(Br)cc43)c(=O)n2[C@@H]1c1ccc(Cl)cc1. The highest BCUT2D eigenvalue weighted by molar-refractivity contribution is 9.10. The van der Waals surface area contributed by atoms with E-state index in [0.717, 1.165) is 21.4 Å². The number of rotatable bonds is 6. The molecule has 0 bridgehead atoms. The van der Waals surface area contributed by atoms with Gasteiger partial charge in [0.2, 0.25) is 0 Å².